The van der Waals surface area contributed by atoms with Gasteiger partial charge in [0.25, 0.3) is 0 Å². The van der Waals surface area contributed by atoms with E-state index in [9.17, 15) is 13.6 Å². The fraction of sp³-hybridized carbons (Fsp3) is 0.562. The van der Waals surface area contributed by atoms with Gasteiger partial charge in [0.1, 0.15) is 0 Å². The molecule has 4 nitrogen and oxygen atoms in total. The lowest BCUT2D eigenvalue weighted by atomic mass is 10.1. The van der Waals surface area contributed by atoms with Crippen molar-refractivity contribution in [3.63, 3.8) is 0 Å². The molecule has 23 heavy (non-hydrogen) atoms. The zero-order valence-electron chi connectivity index (χ0n) is 13.5. The van der Waals surface area contributed by atoms with Gasteiger partial charge >= 0.3 is 0 Å². The normalized spacial score (nSPS) is 17.0. The minimum absolute atomic E-state index is 0. The fourth-order valence-electron chi connectivity index (χ4n) is 2.57. The summed E-state index contributed by atoms with van der Waals surface area (Å²) in [6, 6.07) is 3.47. The summed E-state index contributed by atoms with van der Waals surface area (Å²) in [6.45, 7) is 5.77. The van der Waals surface area contributed by atoms with Crippen LogP contribution in [0.3, 0.4) is 0 Å². The molecule has 1 saturated heterocycles. The molecule has 1 aromatic carbocycles. The van der Waals surface area contributed by atoms with Crippen LogP contribution in [-0.4, -0.2) is 55.5 Å². The molecule has 1 fully saturated rings. The van der Waals surface area contributed by atoms with Gasteiger partial charge in [-0.1, -0.05) is 6.07 Å². The highest BCUT2D eigenvalue weighted by Gasteiger charge is 2.21. The fourth-order valence-corrected chi connectivity index (χ4v) is 2.57. The van der Waals surface area contributed by atoms with Crippen LogP contribution in [0.4, 0.5) is 8.78 Å². The number of nitrogens with zero attached hydrogens (tertiary/aromatic N) is 2. The molecule has 1 amide bonds. The molecule has 1 aliphatic rings. The lowest BCUT2D eigenvalue weighted by Crippen LogP contribution is -2.40. The highest BCUT2D eigenvalue weighted by molar-refractivity contribution is 5.85. The highest BCUT2D eigenvalue weighted by atomic mass is 35.5. The number of hydrogen-bond donors (Lipinski definition) is 1. The Morgan fingerprint density at radius 1 is 1.30 bits per heavy atom. The lowest BCUT2D eigenvalue weighted by Gasteiger charge is -2.28. The van der Waals surface area contributed by atoms with Crippen LogP contribution in [0.2, 0.25) is 0 Å². The Morgan fingerprint density at radius 3 is 2.74 bits per heavy atom. The van der Waals surface area contributed by atoms with Crippen LogP contribution >= 0.6 is 12.4 Å². The molecule has 1 atom stereocenters. The molecule has 0 bridgehead atoms. The van der Waals surface area contributed by atoms with Gasteiger partial charge in [0.2, 0.25) is 5.91 Å². The van der Waals surface area contributed by atoms with E-state index in [1.807, 2.05) is 6.92 Å². The topological polar surface area (TPSA) is 35.6 Å². The Morgan fingerprint density at radius 2 is 2.04 bits per heavy atom. The van der Waals surface area contributed by atoms with Gasteiger partial charge in [-0.05, 0) is 44.1 Å². The zero-order valence-corrected chi connectivity index (χ0v) is 14.3. The van der Waals surface area contributed by atoms with Crippen molar-refractivity contribution in [3.8, 4) is 0 Å². The highest BCUT2D eigenvalue weighted by Crippen LogP contribution is 2.21. The average Bonchev–Trinajstić information content (AvgIpc) is 2.77. The molecule has 0 spiro atoms. The van der Waals surface area contributed by atoms with E-state index in [0.717, 1.165) is 44.7 Å². The maximum Gasteiger partial charge on any atom is 0.236 e. The van der Waals surface area contributed by atoms with Gasteiger partial charge in [-0.25, -0.2) is 8.78 Å². The molecule has 7 heteroatoms. The van der Waals surface area contributed by atoms with Crippen LogP contribution in [0, 0.1) is 11.6 Å². The molecule has 0 saturated carbocycles. The molecule has 1 aliphatic heterocycles. The van der Waals surface area contributed by atoms with Crippen molar-refractivity contribution < 1.29 is 13.6 Å². The third kappa shape index (κ3) is 5.41. The predicted molar refractivity (Wildman–Crippen MR) is 88.7 cm³/mol. The van der Waals surface area contributed by atoms with Gasteiger partial charge in [-0.2, -0.15) is 0 Å². The van der Waals surface area contributed by atoms with Crippen LogP contribution in [0.1, 0.15) is 24.9 Å². The second kappa shape index (κ2) is 9.15. The van der Waals surface area contributed by atoms with Gasteiger partial charge < -0.3 is 10.2 Å². The van der Waals surface area contributed by atoms with Crippen LogP contribution < -0.4 is 5.32 Å². The van der Waals surface area contributed by atoms with E-state index in [1.54, 1.807) is 11.9 Å². The Bertz CT molecular complexity index is 522. The van der Waals surface area contributed by atoms with E-state index < -0.39 is 11.6 Å². The second-order valence-corrected chi connectivity index (χ2v) is 5.73. The number of carbonyl (C=O) groups is 1. The van der Waals surface area contributed by atoms with E-state index in [-0.39, 0.29) is 24.4 Å². The van der Waals surface area contributed by atoms with E-state index in [4.69, 9.17) is 0 Å². The molecule has 2 rings (SSSR count). The minimum atomic E-state index is -0.885. The molecular formula is C16H24ClF2N3O. The summed E-state index contributed by atoms with van der Waals surface area (Å²) in [6.07, 6.45) is 1.02. The van der Waals surface area contributed by atoms with Crippen LogP contribution in [-0.2, 0) is 4.79 Å². The molecule has 0 aliphatic carbocycles. The van der Waals surface area contributed by atoms with Crippen molar-refractivity contribution >= 4 is 18.3 Å². The Balaban J connectivity index is 0.00000264. The van der Waals surface area contributed by atoms with E-state index in [0.29, 0.717) is 12.1 Å². The maximum atomic E-state index is 13.3. The third-order valence-corrected chi connectivity index (χ3v) is 4.19. The molecule has 0 radical (unpaired) electrons. The molecule has 1 aromatic rings. The van der Waals surface area contributed by atoms with Gasteiger partial charge in [0, 0.05) is 20.1 Å². The van der Waals surface area contributed by atoms with Crippen LogP contribution in [0.15, 0.2) is 18.2 Å². The van der Waals surface area contributed by atoms with Crippen LogP contribution in [0.5, 0.6) is 0 Å². The van der Waals surface area contributed by atoms with Crippen molar-refractivity contribution in [3.05, 3.63) is 35.4 Å². The summed E-state index contributed by atoms with van der Waals surface area (Å²) in [7, 11) is 1.70. The molecule has 130 valence electrons. The van der Waals surface area contributed by atoms with Gasteiger partial charge in [-0.3, -0.25) is 9.69 Å². The summed E-state index contributed by atoms with van der Waals surface area (Å²) in [5, 5.41) is 3.30. The number of carbonyl (C=O) groups excluding carboxylic acids is 1. The number of benzene rings is 1. The second-order valence-electron chi connectivity index (χ2n) is 5.73. The quantitative estimate of drug-likeness (QED) is 0.907. The predicted octanol–water partition coefficient (Wildman–Crippen LogP) is 2.20. The monoisotopic (exact) mass is 347 g/mol. The minimum Gasteiger partial charge on any atom is -0.338 e. The van der Waals surface area contributed by atoms with Gasteiger partial charge in [-0.15, -0.1) is 12.4 Å². The lowest BCUT2D eigenvalue weighted by molar-refractivity contribution is -0.133. The maximum absolute atomic E-state index is 13.3. The zero-order chi connectivity index (χ0) is 16.1. The summed E-state index contributed by atoms with van der Waals surface area (Å²) in [5.74, 6) is -1.77. The third-order valence-electron chi connectivity index (χ3n) is 4.19. The van der Waals surface area contributed by atoms with Crippen molar-refractivity contribution in [2.24, 2.45) is 0 Å². The summed E-state index contributed by atoms with van der Waals surface area (Å²) in [5.41, 5.74) is 0.590. The first-order chi connectivity index (χ1) is 10.5. The number of halogens is 3. The number of amides is 1. The van der Waals surface area contributed by atoms with E-state index in [1.165, 1.54) is 6.07 Å². The first kappa shape index (κ1) is 19.8. The first-order valence-corrected chi connectivity index (χ1v) is 7.62. The molecular weight excluding hydrogens is 324 g/mol. The summed E-state index contributed by atoms with van der Waals surface area (Å²) < 4.78 is 26.3. The molecule has 1 unspecified atom stereocenters. The van der Waals surface area contributed by atoms with Crippen molar-refractivity contribution in [2.75, 3.05) is 39.8 Å². The number of nitrogens with one attached hydrogen (secondary N) is 1. The number of hydrogen-bond acceptors (Lipinski definition) is 3. The Kier molecular flexibility index (Phi) is 7.88. The molecule has 1 heterocycles. The van der Waals surface area contributed by atoms with Crippen molar-refractivity contribution in [1.82, 2.24) is 15.1 Å². The molecule has 0 aromatic heterocycles. The van der Waals surface area contributed by atoms with E-state index >= 15 is 0 Å². The largest absolute Gasteiger partial charge is 0.338 e. The summed E-state index contributed by atoms with van der Waals surface area (Å²) >= 11 is 0. The molecule has 1 N–H and O–H groups in total. The summed E-state index contributed by atoms with van der Waals surface area (Å²) in [4.78, 5) is 16.1. The first-order valence-electron chi connectivity index (χ1n) is 7.62. The average molecular weight is 348 g/mol. The van der Waals surface area contributed by atoms with Crippen molar-refractivity contribution in [1.29, 1.82) is 0 Å². The van der Waals surface area contributed by atoms with Crippen molar-refractivity contribution in [2.45, 2.75) is 19.4 Å². The van der Waals surface area contributed by atoms with E-state index in [2.05, 4.69) is 10.2 Å². The smallest absolute Gasteiger partial charge is 0.236 e. The standard InChI is InChI=1S/C16H23F2N3O.ClH/c1-12(13-4-5-14(17)15(18)10-13)20(2)16(22)11-21-8-3-6-19-7-9-21;/h4-5,10,12,19H,3,6-9,11H2,1-2H3;1H. The van der Waals surface area contributed by atoms with Gasteiger partial charge in [0.05, 0.1) is 12.6 Å². The Labute approximate surface area is 142 Å². The van der Waals surface area contributed by atoms with Gasteiger partial charge in [0.15, 0.2) is 11.6 Å². The number of rotatable bonds is 4. The van der Waals surface area contributed by atoms with Crippen LogP contribution in [0.25, 0.3) is 0 Å². The Hall–Kier alpha value is -1.24. The SMILES string of the molecule is CC(c1ccc(F)c(F)c1)N(C)C(=O)CN1CCCNCC1.Cl. The number of likely N-dealkylation sites (N-methyl/N-ethyl adjacent to an activating group) is 1.